The molecule has 0 aliphatic heterocycles. The topological polar surface area (TPSA) is 69.7 Å². The molecular formula is C11H27BN2O2. The Labute approximate surface area is 100.0 Å². The summed E-state index contributed by atoms with van der Waals surface area (Å²) in [4.78, 5) is 2.30. The summed E-state index contributed by atoms with van der Waals surface area (Å²) in [6.07, 6.45) is 5.47. The van der Waals surface area contributed by atoms with Crippen molar-refractivity contribution in [2.45, 2.75) is 51.4 Å². The molecule has 0 saturated carbocycles. The standard InChI is InChI=1S/C11H27BN2O2/c1-3-9-14(2)10-7-11(13)6-4-5-8-12(15)16/h11,15-16H,3-10,13H2,1-2H3/t11-/m1/s1. The Kier molecular flexibility index (Phi) is 10.0. The predicted molar refractivity (Wildman–Crippen MR) is 69.2 cm³/mol. The maximum Gasteiger partial charge on any atom is 0.451 e. The molecule has 96 valence electrons. The van der Waals surface area contributed by atoms with Gasteiger partial charge in [-0.3, -0.25) is 0 Å². The molecule has 1 atom stereocenters. The van der Waals surface area contributed by atoms with Crippen LogP contribution in [0.15, 0.2) is 0 Å². The van der Waals surface area contributed by atoms with Crippen molar-refractivity contribution in [3.63, 3.8) is 0 Å². The summed E-state index contributed by atoms with van der Waals surface area (Å²) in [5, 5.41) is 17.3. The van der Waals surface area contributed by atoms with Gasteiger partial charge in [0.05, 0.1) is 0 Å². The van der Waals surface area contributed by atoms with Crippen LogP contribution in [-0.2, 0) is 0 Å². The van der Waals surface area contributed by atoms with E-state index in [1.54, 1.807) is 0 Å². The van der Waals surface area contributed by atoms with Crippen LogP contribution in [0.25, 0.3) is 0 Å². The number of nitrogens with zero attached hydrogens (tertiary/aromatic N) is 1. The van der Waals surface area contributed by atoms with Crippen LogP contribution in [0.1, 0.15) is 39.0 Å². The second-order valence-corrected chi connectivity index (χ2v) is 4.62. The molecule has 0 amide bonds. The zero-order valence-corrected chi connectivity index (χ0v) is 10.7. The highest BCUT2D eigenvalue weighted by Gasteiger charge is 2.08. The lowest BCUT2D eigenvalue weighted by Crippen LogP contribution is -2.28. The molecular weight excluding hydrogens is 203 g/mol. The van der Waals surface area contributed by atoms with Crippen molar-refractivity contribution in [3.05, 3.63) is 0 Å². The van der Waals surface area contributed by atoms with Crippen LogP contribution in [0.4, 0.5) is 0 Å². The second kappa shape index (κ2) is 10.1. The molecule has 0 aliphatic rings. The van der Waals surface area contributed by atoms with Crippen molar-refractivity contribution in [3.8, 4) is 0 Å². The Morgan fingerprint density at radius 1 is 1.19 bits per heavy atom. The van der Waals surface area contributed by atoms with Gasteiger partial charge in [0.15, 0.2) is 0 Å². The normalized spacial score (nSPS) is 13.1. The fourth-order valence-corrected chi connectivity index (χ4v) is 1.76. The van der Waals surface area contributed by atoms with Gasteiger partial charge in [-0.2, -0.15) is 0 Å². The molecule has 16 heavy (non-hydrogen) atoms. The van der Waals surface area contributed by atoms with E-state index in [0.717, 1.165) is 38.8 Å². The van der Waals surface area contributed by atoms with Crippen molar-refractivity contribution in [1.82, 2.24) is 4.90 Å². The Morgan fingerprint density at radius 3 is 2.44 bits per heavy atom. The molecule has 0 aromatic rings. The zero-order chi connectivity index (χ0) is 12.4. The summed E-state index contributed by atoms with van der Waals surface area (Å²) >= 11 is 0. The minimum absolute atomic E-state index is 0.246. The molecule has 0 unspecified atom stereocenters. The number of rotatable bonds is 10. The maximum atomic E-state index is 8.67. The van der Waals surface area contributed by atoms with Gasteiger partial charge in [-0.15, -0.1) is 0 Å². The summed E-state index contributed by atoms with van der Waals surface area (Å²) in [5.74, 6) is 0. The van der Waals surface area contributed by atoms with E-state index < -0.39 is 7.12 Å². The maximum absolute atomic E-state index is 8.67. The molecule has 0 aromatic heterocycles. The minimum Gasteiger partial charge on any atom is -0.427 e. The first-order chi connectivity index (χ1) is 7.56. The van der Waals surface area contributed by atoms with E-state index in [1.807, 2.05) is 0 Å². The van der Waals surface area contributed by atoms with Gasteiger partial charge in [0, 0.05) is 6.04 Å². The zero-order valence-electron chi connectivity index (χ0n) is 10.7. The van der Waals surface area contributed by atoms with Gasteiger partial charge < -0.3 is 20.7 Å². The monoisotopic (exact) mass is 230 g/mol. The van der Waals surface area contributed by atoms with E-state index in [2.05, 4.69) is 18.9 Å². The molecule has 0 spiro atoms. The van der Waals surface area contributed by atoms with Gasteiger partial charge in [0.1, 0.15) is 0 Å². The Bertz CT molecular complexity index is 159. The molecule has 0 fully saturated rings. The van der Waals surface area contributed by atoms with E-state index in [4.69, 9.17) is 15.8 Å². The molecule has 0 rings (SSSR count). The van der Waals surface area contributed by atoms with Crippen molar-refractivity contribution in [1.29, 1.82) is 0 Å². The first kappa shape index (κ1) is 15.9. The van der Waals surface area contributed by atoms with E-state index in [1.165, 1.54) is 6.42 Å². The van der Waals surface area contributed by atoms with E-state index in [-0.39, 0.29) is 6.04 Å². The molecule has 5 heteroatoms. The van der Waals surface area contributed by atoms with Crippen LogP contribution in [0, 0.1) is 0 Å². The Balaban J connectivity index is 3.33. The largest absolute Gasteiger partial charge is 0.451 e. The first-order valence-corrected chi connectivity index (χ1v) is 6.36. The molecule has 0 saturated heterocycles. The van der Waals surface area contributed by atoms with Crippen LogP contribution in [0.5, 0.6) is 0 Å². The molecule has 0 aliphatic carbocycles. The number of unbranched alkanes of at least 4 members (excludes halogenated alkanes) is 1. The highest BCUT2D eigenvalue weighted by atomic mass is 16.4. The number of hydrogen-bond acceptors (Lipinski definition) is 4. The van der Waals surface area contributed by atoms with Crippen molar-refractivity contribution >= 4 is 7.12 Å². The summed E-state index contributed by atoms with van der Waals surface area (Å²) in [5.41, 5.74) is 5.98. The van der Waals surface area contributed by atoms with Crippen LogP contribution in [-0.4, -0.2) is 48.2 Å². The second-order valence-electron chi connectivity index (χ2n) is 4.62. The minimum atomic E-state index is -1.16. The van der Waals surface area contributed by atoms with Gasteiger partial charge >= 0.3 is 7.12 Å². The van der Waals surface area contributed by atoms with Crippen LogP contribution < -0.4 is 5.73 Å². The van der Waals surface area contributed by atoms with Gasteiger partial charge in [-0.1, -0.05) is 19.8 Å². The molecule has 0 aromatic carbocycles. The van der Waals surface area contributed by atoms with Crippen LogP contribution >= 0.6 is 0 Å². The predicted octanol–water partition coefficient (Wildman–Crippen LogP) is 0.689. The average molecular weight is 230 g/mol. The Morgan fingerprint density at radius 2 is 1.88 bits per heavy atom. The van der Waals surface area contributed by atoms with Gasteiger partial charge in [-0.05, 0) is 45.7 Å². The lowest BCUT2D eigenvalue weighted by molar-refractivity contribution is 0.314. The lowest BCUT2D eigenvalue weighted by Gasteiger charge is -2.18. The van der Waals surface area contributed by atoms with E-state index in [0.29, 0.717) is 6.32 Å². The van der Waals surface area contributed by atoms with E-state index in [9.17, 15) is 0 Å². The van der Waals surface area contributed by atoms with E-state index >= 15 is 0 Å². The molecule has 4 N–H and O–H groups in total. The van der Waals surface area contributed by atoms with Gasteiger partial charge in [0.2, 0.25) is 0 Å². The molecule has 0 heterocycles. The third-order valence-electron chi connectivity index (χ3n) is 2.77. The Hall–Kier alpha value is -0.0951. The summed E-state index contributed by atoms with van der Waals surface area (Å²) < 4.78 is 0. The fourth-order valence-electron chi connectivity index (χ4n) is 1.76. The average Bonchev–Trinajstić information content (AvgIpc) is 2.22. The van der Waals surface area contributed by atoms with Gasteiger partial charge in [-0.25, -0.2) is 0 Å². The van der Waals surface area contributed by atoms with Gasteiger partial charge in [0.25, 0.3) is 0 Å². The van der Waals surface area contributed by atoms with Crippen molar-refractivity contribution in [2.75, 3.05) is 20.1 Å². The molecule has 4 nitrogen and oxygen atoms in total. The highest BCUT2D eigenvalue weighted by molar-refractivity contribution is 6.40. The van der Waals surface area contributed by atoms with Crippen molar-refractivity contribution < 1.29 is 10.0 Å². The number of nitrogens with two attached hydrogens (primary N) is 1. The third-order valence-corrected chi connectivity index (χ3v) is 2.77. The first-order valence-electron chi connectivity index (χ1n) is 6.36. The smallest absolute Gasteiger partial charge is 0.427 e. The molecule has 0 radical (unpaired) electrons. The summed E-state index contributed by atoms with van der Waals surface area (Å²) in [6.45, 7) is 4.36. The summed E-state index contributed by atoms with van der Waals surface area (Å²) in [6, 6.07) is 0.246. The lowest BCUT2D eigenvalue weighted by atomic mass is 9.83. The fraction of sp³-hybridized carbons (Fsp3) is 1.00. The number of hydrogen-bond donors (Lipinski definition) is 3. The SMILES string of the molecule is CCCN(C)CC[C@H](N)CCCCB(O)O. The highest BCUT2D eigenvalue weighted by Crippen LogP contribution is 2.06. The van der Waals surface area contributed by atoms with Crippen LogP contribution in [0.3, 0.4) is 0 Å². The third kappa shape index (κ3) is 10.4. The van der Waals surface area contributed by atoms with Crippen molar-refractivity contribution in [2.24, 2.45) is 5.73 Å². The van der Waals surface area contributed by atoms with Crippen LogP contribution in [0.2, 0.25) is 6.32 Å². The summed E-state index contributed by atoms with van der Waals surface area (Å²) in [7, 11) is 0.963. The quantitative estimate of drug-likeness (QED) is 0.381. The molecule has 0 bridgehead atoms.